The Hall–Kier alpha value is -1.12. The molecule has 1 atom stereocenters. The first-order valence-electron chi connectivity index (χ1n) is 4.08. The third kappa shape index (κ3) is 2.17. The summed E-state index contributed by atoms with van der Waals surface area (Å²) in [6.07, 6.45) is 0. The molecule has 0 radical (unpaired) electrons. The lowest BCUT2D eigenvalue weighted by Gasteiger charge is -2.09. The molecule has 1 rings (SSSR count). The summed E-state index contributed by atoms with van der Waals surface area (Å²) in [6, 6.07) is 4.39. The van der Waals surface area contributed by atoms with Gasteiger partial charge in [-0.15, -0.1) is 0 Å². The lowest BCUT2D eigenvalue weighted by atomic mass is 10.0. The zero-order chi connectivity index (χ0) is 9.84. The normalized spacial score (nSPS) is 12.6. The SMILES string of the molecule is COc1cc(C(C)CF)ccc1F. The van der Waals surface area contributed by atoms with Crippen molar-refractivity contribution in [2.75, 3.05) is 13.8 Å². The van der Waals surface area contributed by atoms with Crippen molar-refractivity contribution in [3.8, 4) is 5.75 Å². The molecular formula is C10H12F2O. The van der Waals surface area contributed by atoms with Gasteiger partial charge in [-0.25, -0.2) is 4.39 Å². The molecule has 3 heteroatoms. The molecule has 0 heterocycles. The number of methoxy groups -OCH3 is 1. The van der Waals surface area contributed by atoms with Crippen LogP contribution in [0.2, 0.25) is 0 Å². The molecular weight excluding hydrogens is 174 g/mol. The van der Waals surface area contributed by atoms with Gasteiger partial charge in [-0.05, 0) is 17.7 Å². The van der Waals surface area contributed by atoms with Crippen molar-refractivity contribution in [2.45, 2.75) is 12.8 Å². The molecule has 13 heavy (non-hydrogen) atoms. The number of rotatable bonds is 3. The largest absolute Gasteiger partial charge is 0.494 e. The highest BCUT2D eigenvalue weighted by Gasteiger charge is 2.08. The van der Waals surface area contributed by atoms with E-state index in [1.165, 1.54) is 19.2 Å². The molecule has 1 aromatic rings. The molecule has 0 amide bonds. The van der Waals surface area contributed by atoms with Crippen molar-refractivity contribution in [3.63, 3.8) is 0 Å². The van der Waals surface area contributed by atoms with Crippen molar-refractivity contribution in [1.29, 1.82) is 0 Å². The van der Waals surface area contributed by atoms with Gasteiger partial charge in [-0.1, -0.05) is 13.0 Å². The minimum atomic E-state index is -0.450. The standard InChI is InChI=1S/C10H12F2O/c1-7(6-11)8-3-4-9(12)10(5-8)13-2/h3-5,7H,6H2,1-2H3. The topological polar surface area (TPSA) is 9.23 Å². The minimum Gasteiger partial charge on any atom is -0.494 e. The highest BCUT2D eigenvalue weighted by molar-refractivity contribution is 5.32. The summed E-state index contributed by atoms with van der Waals surface area (Å²) in [5.41, 5.74) is 0.751. The average molecular weight is 186 g/mol. The molecule has 1 nitrogen and oxygen atoms in total. The maximum Gasteiger partial charge on any atom is 0.165 e. The second-order valence-corrected chi connectivity index (χ2v) is 2.95. The van der Waals surface area contributed by atoms with E-state index in [2.05, 4.69) is 0 Å². The lowest BCUT2D eigenvalue weighted by Crippen LogP contribution is -1.97. The molecule has 0 N–H and O–H groups in total. The summed E-state index contributed by atoms with van der Waals surface area (Å²) in [6.45, 7) is 1.29. The Labute approximate surface area is 76.3 Å². The number of halogens is 2. The van der Waals surface area contributed by atoms with Crippen LogP contribution in [0.15, 0.2) is 18.2 Å². The predicted molar refractivity (Wildman–Crippen MR) is 47.3 cm³/mol. The number of hydrogen-bond acceptors (Lipinski definition) is 1. The molecule has 0 aliphatic heterocycles. The summed E-state index contributed by atoms with van der Waals surface area (Å²) in [4.78, 5) is 0. The van der Waals surface area contributed by atoms with Crippen molar-refractivity contribution < 1.29 is 13.5 Å². The van der Waals surface area contributed by atoms with Crippen molar-refractivity contribution in [3.05, 3.63) is 29.6 Å². The third-order valence-electron chi connectivity index (χ3n) is 1.98. The van der Waals surface area contributed by atoms with Crippen LogP contribution >= 0.6 is 0 Å². The van der Waals surface area contributed by atoms with Gasteiger partial charge in [-0.3, -0.25) is 4.39 Å². The van der Waals surface area contributed by atoms with Crippen LogP contribution in [-0.2, 0) is 0 Å². The van der Waals surface area contributed by atoms with Gasteiger partial charge in [-0.2, -0.15) is 0 Å². The molecule has 72 valence electrons. The summed E-state index contributed by atoms with van der Waals surface area (Å²) in [5.74, 6) is -0.468. The van der Waals surface area contributed by atoms with Crippen molar-refractivity contribution >= 4 is 0 Å². The molecule has 0 saturated carbocycles. The van der Waals surface area contributed by atoms with E-state index in [1.807, 2.05) is 0 Å². The Balaban J connectivity index is 2.99. The number of benzene rings is 1. The molecule has 0 spiro atoms. The van der Waals surface area contributed by atoms with Crippen molar-refractivity contribution in [2.24, 2.45) is 0 Å². The second-order valence-electron chi connectivity index (χ2n) is 2.95. The number of ether oxygens (including phenoxy) is 1. The molecule has 0 saturated heterocycles. The number of hydrogen-bond donors (Lipinski definition) is 0. The Morgan fingerprint density at radius 3 is 2.69 bits per heavy atom. The fourth-order valence-electron chi connectivity index (χ4n) is 1.07. The van der Waals surface area contributed by atoms with Gasteiger partial charge in [0.15, 0.2) is 11.6 Å². The maximum atomic E-state index is 12.9. The van der Waals surface area contributed by atoms with Crippen LogP contribution in [0.25, 0.3) is 0 Å². The van der Waals surface area contributed by atoms with Crippen LogP contribution in [-0.4, -0.2) is 13.8 Å². The highest BCUT2D eigenvalue weighted by Crippen LogP contribution is 2.23. The van der Waals surface area contributed by atoms with E-state index in [0.29, 0.717) is 0 Å². The first-order chi connectivity index (χ1) is 6.19. The maximum absolute atomic E-state index is 12.9. The van der Waals surface area contributed by atoms with Crippen LogP contribution in [0.5, 0.6) is 5.75 Å². The summed E-state index contributed by atoms with van der Waals surface area (Å²) < 4.78 is 30.0. The molecule has 0 aliphatic rings. The number of alkyl halides is 1. The van der Waals surface area contributed by atoms with Gasteiger partial charge in [0.25, 0.3) is 0 Å². The van der Waals surface area contributed by atoms with Gasteiger partial charge < -0.3 is 4.74 Å². The highest BCUT2D eigenvalue weighted by atomic mass is 19.1. The van der Waals surface area contributed by atoms with Gasteiger partial charge in [0.05, 0.1) is 13.8 Å². The van der Waals surface area contributed by atoms with E-state index < -0.39 is 12.5 Å². The van der Waals surface area contributed by atoms with Gasteiger partial charge in [0, 0.05) is 5.92 Å². The van der Waals surface area contributed by atoms with Crippen LogP contribution in [0, 0.1) is 5.82 Å². The van der Waals surface area contributed by atoms with E-state index >= 15 is 0 Å². The third-order valence-corrected chi connectivity index (χ3v) is 1.98. The fraction of sp³-hybridized carbons (Fsp3) is 0.400. The van der Waals surface area contributed by atoms with Crippen LogP contribution < -0.4 is 4.74 Å². The second kappa shape index (κ2) is 4.21. The monoisotopic (exact) mass is 186 g/mol. The molecule has 0 aromatic heterocycles. The first-order valence-corrected chi connectivity index (χ1v) is 4.08. The Morgan fingerprint density at radius 1 is 1.46 bits per heavy atom. The molecule has 0 fully saturated rings. The average Bonchev–Trinajstić information content (AvgIpc) is 2.17. The van der Waals surface area contributed by atoms with E-state index in [-0.39, 0.29) is 11.7 Å². The molecule has 1 aromatic carbocycles. The van der Waals surface area contributed by atoms with Gasteiger partial charge in [0.2, 0.25) is 0 Å². The van der Waals surface area contributed by atoms with Crippen LogP contribution in [0.3, 0.4) is 0 Å². The predicted octanol–water partition coefficient (Wildman–Crippen LogP) is 2.91. The van der Waals surface area contributed by atoms with E-state index in [1.54, 1.807) is 13.0 Å². The zero-order valence-electron chi connectivity index (χ0n) is 7.68. The molecule has 1 unspecified atom stereocenters. The van der Waals surface area contributed by atoms with Crippen LogP contribution in [0.1, 0.15) is 18.4 Å². The minimum absolute atomic E-state index is 0.165. The Morgan fingerprint density at radius 2 is 2.15 bits per heavy atom. The summed E-state index contributed by atoms with van der Waals surface area (Å²) in [5, 5.41) is 0. The summed E-state index contributed by atoms with van der Waals surface area (Å²) >= 11 is 0. The smallest absolute Gasteiger partial charge is 0.165 e. The first kappa shape index (κ1) is 9.96. The van der Waals surface area contributed by atoms with E-state index in [9.17, 15) is 8.78 Å². The summed E-state index contributed by atoms with van der Waals surface area (Å²) in [7, 11) is 1.39. The zero-order valence-corrected chi connectivity index (χ0v) is 7.68. The quantitative estimate of drug-likeness (QED) is 0.705. The van der Waals surface area contributed by atoms with E-state index in [0.717, 1.165) is 5.56 Å². The molecule has 0 aliphatic carbocycles. The van der Waals surface area contributed by atoms with Crippen molar-refractivity contribution in [1.82, 2.24) is 0 Å². The Kier molecular flexibility index (Phi) is 3.23. The Bertz CT molecular complexity index is 286. The molecule has 0 bridgehead atoms. The lowest BCUT2D eigenvalue weighted by molar-refractivity contribution is 0.384. The fourth-order valence-corrected chi connectivity index (χ4v) is 1.07. The van der Waals surface area contributed by atoms with Gasteiger partial charge in [0.1, 0.15) is 0 Å². The van der Waals surface area contributed by atoms with E-state index in [4.69, 9.17) is 4.74 Å². The van der Waals surface area contributed by atoms with Gasteiger partial charge >= 0.3 is 0 Å². The van der Waals surface area contributed by atoms with Crippen LogP contribution in [0.4, 0.5) is 8.78 Å².